The van der Waals surface area contributed by atoms with Gasteiger partial charge in [0, 0.05) is 0 Å². The number of benzene rings is 2. The summed E-state index contributed by atoms with van der Waals surface area (Å²) in [5.41, 5.74) is -0.314. The van der Waals surface area contributed by atoms with E-state index in [9.17, 15) is 19.4 Å². The summed E-state index contributed by atoms with van der Waals surface area (Å²) in [4.78, 5) is 11.8. The van der Waals surface area contributed by atoms with Gasteiger partial charge in [-0.3, -0.25) is 4.79 Å². The molecule has 0 spiro atoms. The first-order valence-corrected chi connectivity index (χ1v) is 5.16. The molecule has 0 atom stereocenters. The summed E-state index contributed by atoms with van der Waals surface area (Å²) in [6.07, 6.45) is 0. The lowest BCUT2D eigenvalue weighted by molar-refractivity contribution is 0.102. The van der Waals surface area contributed by atoms with Gasteiger partial charge in [-0.1, -0.05) is 18.2 Å². The van der Waals surface area contributed by atoms with Crippen LogP contribution < -0.4 is 5.32 Å². The molecule has 0 unspecified atom stereocenters. The van der Waals surface area contributed by atoms with Crippen molar-refractivity contribution in [2.75, 3.05) is 5.32 Å². The third-order valence-electron chi connectivity index (χ3n) is 2.37. The number of hydrogen-bond acceptors (Lipinski definition) is 3. The summed E-state index contributed by atoms with van der Waals surface area (Å²) in [6, 6.07) is 9.53. The molecule has 92 valence electrons. The standard InChI is InChI=1S/C13H10FNO3/c14-8-4-1-2-5-9(8)15-13(18)12-10(16)6-3-7-11(12)17/h1-7,16-17H,(H,15,18). The average Bonchev–Trinajstić information content (AvgIpc) is 2.32. The number of hydrogen-bond donors (Lipinski definition) is 3. The minimum atomic E-state index is -0.782. The Labute approximate surface area is 102 Å². The van der Waals surface area contributed by atoms with E-state index in [0.717, 1.165) is 0 Å². The highest BCUT2D eigenvalue weighted by Crippen LogP contribution is 2.27. The first-order valence-electron chi connectivity index (χ1n) is 5.16. The number of halogens is 1. The highest BCUT2D eigenvalue weighted by molar-refractivity contribution is 6.08. The quantitative estimate of drug-likeness (QED) is 0.763. The van der Waals surface area contributed by atoms with Gasteiger partial charge in [-0.25, -0.2) is 4.39 Å². The van der Waals surface area contributed by atoms with Crippen molar-refractivity contribution in [3.05, 3.63) is 53.8 Å². The van der Waals surface area contributed by atoms with Crippen LogP contribution in [0.3, 0.4) is 0 Å². The van der Waals surface area contributed by atoms with Crippen LogP contribution in [-0.4, -0.2) is 16.1 Å². The Morgan fingerprint density at radius 3 is 2.22 bits per heavy atom. The molecular formula is C13H10FNO3. The van der Waals surface area contributed by atoms with E-state index in [1.54, 1.807) is 6.07 Å². The van der Waals surface area contributed by atoms with Crippen molar-refractivity contribution in [3.8, 4) is 11.5 Å². The van der Waals surface area contributed by atoms with Crippen LogP contribution >= 0.6 is 0 Å². The molecule has 0 aliphatic carbocycles. The second-order valence-corrected chi connectivity index (χ2v) is 3.61. The van der Waals surface area contributed by atoms with Gasteiger partial charge < -0.3 is 15.5 Å². The van der Waals surface area contributed by atoms with E-state index >= 15 is 0 Å². The first kappa shape index (κ1) is 11.9. The number of nitrogens with one attached hydrogen (secondary N) is 1. The van der Waals surface area contributed by atoms with E-state index in [-0.39, 0.29) is 22.7 Å². The summed E-state index contributed by atoms with van der Waals surface area (Å²) < 4.78 is 13.3. The van der Waals surface area contributed by atoms with Crippen LogP contribution in [0.15, 0.2) is 42.5 Å². The summed E-state index contributed by atoms with van der Waals surface area (Å²) in [5.74, 6) is -2.12. The van der Waals surface area contributed by atoms with E-state index in [2.05, 4.69) is 5.32 Å². The Morgan fingerprint density at radius 2 is 1.61 bits per heavy atom. The average molecular weight is 247 g/mol. The SMILES string of the molecule is O=C(Nc1ccccc1F)c1c(O)cccc1O. The maximum absolute atomic E-state index is 13.3. The zero-order chi connectivity index (χ0) is 13.1. The van der Waals surface area contributed by atoms with Gasteiger partial charge in [0.05, 0.1) is 5.69 Å². The Kier molecular flexibility index (Phi) is 3.14. The smallest absolute Gasteiger partial charge is 0.263 e. The predicted octanol–water partition coefficient (Wildman–Crippen LogP) is 2.49. The lowest BCUT2D eigenvalue weighted by atomic mass is 10.1. The highest BCUT2D eigenvalue weighted by Gasteiger charge is 2.17. The molecule has 0 saturated heterocycles. The second-order valence-electron chi connectivity index (χ2n) is 3.61. The predicted molar refractivity (Wildman–Crippen MR) is 64.1 cm³/mol. The van der Waals surface area contributed by atoms with Crippen molar-refractivity contribution in [3.63, 3.8) is 0 Å². The zero-order valence-electron chi connectivity index (χ0n) is 9.22. The van der Waals surface area contributed by atoms with Crippen LogP contribution in [0.2, 0.25) is 0 Å². The fraction of sp³-hybridized carbons (Fsp3) is 0. The normalized spacial score (nSPS) is 10.1. The molecule has 0 aromatic heterocycles. The monoisotopic (exact) mass is 247 g/mol. The number of rotatable bonds is 2. The molecule has 0 bridgehead atoms. The maximum Gasteiger partial charge on any atom is 0.263 e. The number of amides is 1. The molecule has 18 heavy (non-hydrogen) atoms. The van der Waals surface area contributed by atoms with Gasteiger partial charge in [0.15, 0.2) is 0 Å². The highest BCUT2D eigenvalue weighted by atomic mass is 19.1. The largest absolute Gasteiger partial charge is 0.507 e. The summed E-state index contributed by atoms with van der Waals surface area (Å²) in [6.45, 7) is 0. The van der Waals surface area contributed by atoms with Crippen molar-refractivity contribution in [1.82, 2.24) is 0 Å². The van der Waals surface area contributed by atoms with Crippen molar-refractivity contribution in [2.24, 2.45) is 0 Å². The number of carbonyl (C=O) groups excluding carboxylic acids is 1. The van der Waals surface area contributed by atoms with E-state index in [1.807, 2.05) is 0 Å². The van der Waals surface area contributed by atoms with Gasteiger partial charge >= 0.3 is 0 Å². The first-order chi connectivity index (χ1) is 8.59. The van der Waals surface area contributed by atoms with Gasteiger partial charge in [0.2, 0.25) is 0 Å². The Morgan fingerprint density at radius 1 is 1.00 bits per heavy atom. The Hall–Kier alpha value is -2.56. The molecule has 0 aliphatic rings. The lowest BCUT2D eigenvalue weighted by Gasteiger charge is -2.08. The molecule has 2 aromatic carbocycles. The van der Waals surface area contributed by atoms with Crippen molar-refractivity contribution >= 4 is 11.6 Å². The maximum atomic E-state index is 13.3. The molecule has 5 heteroatoms. The van der Waals surface area contributed by atoms with Gasteiger partial charge in [-0.15, -0.1) is 0 Å². The van der Waals surface area contributed by atoms with E-state index in [0.29, 0.717) is 0 Å². The minimum Gasteiger partial charge on any atom is -0.507 e. The van der Waals surface area contributed by atoms with Gasteiger partial charge in [-0.05, 0) is 24.3 Å². The number of phenols is 2. The third kappa shape index (κ3) is 2.24. The second kappa shape index (κ2) is 4.75. The van der Waals surface area contributed by atoms with E-state index in [4.69, 9.17) is 0 Å². The summed E-state index contributed by atoms with van der Waals surface area (Å²) in [7, 11) is 0. The molecule has 2 aromatic rings. The molecule has 0 radical (unpaired) electrons. The van der Waals surface area contributed by atoms with E-state index < -0.39 is 11.7 Å². The number of para-hydroxylation sites is 1. The van der Waals surface area contributed by atoms with E-state index in [1.165, 1.54) is 36.4 Å². The van der Waals surface area contributed by atoms with Crippen LogP contribution in [0.1, 0.15) is 10.4 Å². The van der Waals surface area contributed by atoms with Gasteiger partial charge in [0.1, 0.15) is 22.9 Å². The third-order valence-corrected chi connectivity index (χ3v) is 2.37. The van der Waals surface area contributed by atoms with Crippen LogP contribution in [0.5, 0.6) is 11.5 Å². The van der Waals surface area contributed by atoms with Crippen molar-refractivity contribution < 1.29 is 19.4 Å². The number of phenolic OH excluding ortho intramolecular Hbond substituents is 2. The zero-order valence-corrected chi connectivity index (χ0v) is 9.22. The molecule has 4 nitrogen and oxygen atoms in total. The fourth-order valence-corrected chi connectivity index (χ4v) is 1.51. The van der Waals surface area contributed by atoms with Crippen LogP contribution in [0, 0.1) is 5.82 Å². The minimum absolute atomic E-state index is 0.0230. The number of carbonyl (C=O) groups is 1. The van der Waals surface area contributed by atoms with Crippen LogP contribution in [0.4, 0.5) is 10.1 Å². The van der Waals surface area contributed by atoms with Crippen LogP contribution in [-0.2, 0) is 0 Å². The molecule has 3 N–H and O–H groups in total. The molecule has 0 fully saturated rings. The molecule has 0 aliphatic heterocycles. The van der Waals surface area contributed by atoms with Crippen molar-refractivity contribution in [1.29, 1.82) is 0 Å². The van der Waals surface area contributed by atoms with Gasteiger partial charge in [0.25, 0.3) is 5.91 Å². The van der Waals surface area contributed by atoms with Crippen molar-refractivity contribution in [2.45, 2.75) is 0 Å². The Bertz CT molecular complexity index is 578. The molecular weight excluding hydrogens is 237 g/mol. The topological polar surface area (TPSA) is 69.6 Å². The number of aromatic hydroxyl groups is 2. The summed E-state index contributed by atoms with van der Waals surface area (Å²) in [5, 5.41) is 21.3. The molecule has 0 heterocycles. The lowest BCUT2D eigenvalue weighted by Crippen LogP contribution is -2.13. The fourth-order valence-electron chi connectivity index (χ4n) is 1.51. The molecule has 0 saturated carbocycles. The Balaban J connectivity index is 2.31. The molecule has 2 rings (SSSR count). The van der Waals surface area contributed by atoms with Gasteiger partial charge in [-0.2, -0.15) is 0 Å². The number of anilines is 1. The van der Waals surface area contributed by atoms with Crippen LogP contribution in [0.25, 0.3) is 0 Å². The molecule has 1 amide bonds. The summed E-state index contributed by atoms with van der Waals surface area (Å²) >= 11 is 0.